The van der Waals surface area contributed by atoms with Crippen molar-refractivity contribution in [2.45, 2.75) is 104 Å². The van der Waals surface area contributed by atoms with Crippen molar-refractivity contribution in [2.24, 2.45) is 0 Å². The van der Waals surface area contributed by atoms with Crippen LogP contribution in [0.4, 0.5) is 0 Å². The molecular formula is C31H48NO3+. The van der Waals surface area contributed by atoms with Gasteiger partial charge in [-0.25, -0.2) is 4.79 Å². The van der Waals surface area contributed by atoms with Crippen LogP contribution in [-0.4, -0.2) is 36.9 Å². The molecule has 0 bridgehead atoms. The van der Waals surface area contributed by atoms with Crippen molar-refractivity contribution < 1.29 is 18.8 Å². The Morgan fingerprint density at radius 2 is 1.51 bits per heavy atom. The summed E-state index contributed by atoms with van der Waals surface area (Å²) >= 11 is 0. The molecule has 0 aromatic heterocycles. The lowest BCUT2D eigenvalue weighted by molar-refractivity contribution is -0.919. The summed E-state index contributed by atoms with van der Waals surface area (Å²) < 4.78 is 12.7. The first-order chi connectivity index (χ1) is 16.9. The molecule has 194 valence electrons. The van der Waals surface area contributed by atoms with Gasteiger partial charge in [-0.05, 0) is 37.0 Å². The normalized spacial score (nSPS) is 13.3. The van der Waals surface area contributed by atoms with E-state index >= 15 is 0 Å². The lowest BCUT2D eigenvalue weighted by Gasteiger charge is -2.36. The van der Waals surface area contributed by atoms with Gasteiger partial charge in [-0.3, -0.25) is 0 Å². The zero-order valence-electron chi connectivity index (χ0n) is 22.8. The summed E-state index contributed by atoms with van der Waals surface area (Å²) in [5.74, 6) is 0.598. The number of rotatable bonds is 17. The van der Waals surface area contributed by atoms with Gasteiger partial charge in [0.05, 0.1) is 14.1 Å². The highest BCUT2D eigenvalue weighted by molar-refractivity contribution is 5.74. The van der Waals surface area contributed by atoms with Crippen LogP contribution in [0.1, 0.15) is 89.7 Å². The van der Waals surface area contributed by atoms with Gasteiger partial charge in [0.25, 0.3) is 0 Å². The second-order valence-electron chi connectivity index (χ2n) is 10.3. The summed E-state index contributed by atoms with van der Waals surface area (Å²) in [4.78, 5) is 13.3. The minimum absolute atomic E-state index is 0.185. The monoisotopic (exact) mass is 482 g/mol. The summed E-state index contributed by atoms with van der Waals surface area (Å²) in [6.07, 6.45) is 10.5. The van der Waals surface area contributed by atoms with E-state index < -0.39 is 6.29 Å². The quantitative estimate of drug-likeness (QED) is 0.100. The number of benzene rings is 2. The minimum Gasteiger partial charge on any atom is -0.455 e. The highest BCUT2D eigenvalue weighted by atomic mass is 16.7. The van der Waals surface area contributed by atoms with Crippen molar-refractivity contribution in [2.75, 3.05) is 14.1 Å². The SMILES string of the molecule is CCCCCCCCc1cccc(OC(CCC)OC(=O)C(CC)[N+](C)(C)Cc2ccccc2)c1. The number of quaternary nitrogens is 1. The van der Waals surface area contributed by atoms with E-state index in [1.165, 1.54) is 49.7 Å². The Balaban J connectivity index is 1.97. The predicted octanol–water partition coefficient (Wildman–Crippen LogP) is 7.69. The molecule has 0 heterocycles. The van der Waals surface area contributed by atoms with Crippen LogP contribution in [0.15, 0.2) is 54.6 Å². The molecule has 2 atom stereocenters. The fourth-order valence-electron chi connectivity index (χ4n) is 4.73. The van der Waals surface area contributed by atoms with E-state index in [1.807, 2.05) is 30.3 Å². The molecule has 0 amide bonds. The maximum atomic E-state index is 13.3. The summed E-state index contributed by atoms with van der Waals surface area (Å²) in [6, 6.07) is 18.3. The fraction of sp³-hybridized carbons (Fsp3) is 0.581. The van der Waals surface area contributed by atoms with E-state index in [2.05, 4.69) is 59.1 Å². The maximum absolute atomic E-state index is 13.3. The van der Waals surface area contributed by atoms with Crippen molar-refractivity contribution in [3.63, 3.8) is 0 Å². The van der Waals surface area contributed by atoms with Crippen LogP contribution in [-0.2, 0) is 22.5 Å². The van der Waals surface area contributed by atoms with Crippen molar-refractivity contribution in [1.29, 1.82) is 0 Å². The first kappa shape index (κ1) is 28.9. The van der Waals surface area contributed by atoms with Gasteiger partial charge >= 0.3 is 5.97 Å². The Labute approximate surface area is 214 Å². The van der Waals surface area contributed by atoms with Crippen LogP contribution in [0, 0.1) is 0 Å². The van der Waals surface area contributed by atoms with Crippen LogP contribution in [0.25, 0.3) is 0 Å². The van der Waals surface area contributed by atoms with Crippen LogP contribution >= 0.6 is 0 Å². The third kappa shape index (κ3) is 10.4. The van der Waals surface area contributed by atoms with E-state index in [9.17, 15) is 4.79 Å². The van der Waals surface area contributed by atoms with Crippen LogP contribution in [0.3, 0.4) is 0 Å². The highest BCUT2D eigenvalue weighted by Crippen LogP contribution is 2.22. The van der Waals surface area contributed by atoms with Gasteiger partial charge in [-0.1, -0.05) is 95.3 Å². The van der Waals surface area contributed by atoms with Gasteiger partial charge < -0.3 is 14.0 Å². The topological polar surface area (TPSA) is 35.5 Å². The lowest BCUT2D eigenvalue weighted by atomic mass is 10.0. The van der Waals surface area contributed by atoms with E-state index in [-0.39, 0.29) is 12.0 Å². The lowest BCUT2D eigenvalue weighted by Crippen LogP contribution is -2.53. The van der Waals surface area contributed by atoms with E-state index in [0.717, 1.165) is 25.1 Å². The predicted molar refractivity (Wildman–Crippen MR) is 145 cm³/mol. The number of unbranched alkanes of at least 4 members (excludes halogenated alkanes) is 5. The zero-order chi connectivity index (χ0) is 25.5. The fourth-order valence-corrected chi connectivity index (χ4v) is 4.73. The largest absolute Gasteiger partial charge is 0.455 e. The van der Waals surface area contributed by atoms with E-state index in [4.69, 9.17) is 9.47 Å². The number of hydrogen-bond donors (Lipinski definition) is 0. The first-order valence-corrected chi connectivity index (χ1v) is 13.7. The number of esters is 1. The minimum atomic E-state index is -0.567. The molecular weight excluding hydrogens is 434 g/mol. The second kappa shape index (κ2) is 15.6. The molecule has 0 aliphatic heterocycles. The third-order valence-electron chi connectivity index (χ3n) is 6.69. The standard InChI is InChI=1S/C31H48NO3/c1-6-9-10-11-12-14-19-26-22-17-23-28(24-26)34-30(18-7-2)35-31(33)29(8-3)32(4,5)25-27-20-15-13-16-21-27/h13,15-17,20-24,29-30H,6-12,14,18-19,25H2,1-5H3/q+1. The Hall–Kier alpha value is -2.33. The number of aryl methyl sites for hydroxylation is 1. The smallest absolute Gasteiger partial charge is 0.368 e. The van der Waals surface area contributed by atoms with E-state index in [1.54, 1.807) is 0 Å². The molecule has 4 nitrogen and oxygen atoms in total. The van der Waals surface area contributed by atoms with Crippen molar-refractivity contribution in [3.8, 4) is 5.75 Å². The average molecular weight is 483 g/mol. The Morgan fingerprint density at radius 3 is 2.20 bits per heavy atom. The van der Waals surface area contributed by atoms with Gasteiger partial charge in [0, 0.05) is 18.4 Å². The van der Waals surface area contributed by atoms with E-state index in [0.29, 0.717) is 17.3 Å². The van der Waals surface area contributed by atoms with Crippen molar-refractivity contribution >= 4 is 5.97 Å². The molecule has 0 spiro atoms. The molecule has 0 radical (unpaired) electrons. The number of ether oxygens (including phenoxy) is 2. The Bertz CT molecular complexity index is 849. The molecule has 0 N–H and O–H groups in total. The summed E-state index contributed by atoms with van der Waals surface area (Å²) in [5.41, 5.74) is 2.50. The first-order valence-electron chi connectivity index (χ1n) is 13.7. The summed E-state index contributed by atoms with van der Waals surface area (Å²) in [7, 11) is 4.20. The maximum Gasteiger partial charge on any atom is 0.368 e. The van der Waals surface area contributed by atoms with Crippen LogP contribution in [0.5, 0.6) is 5.75 Å². The van der Waals surface area contributed by atoms with Crippen molar-refractivity contribution in [1.82, 2.24) is 0 Å². The van der Waals surface area contributed by atoms with Gasteiger partial charge in [0.1, 0.15) is 12.3 Å². The Morgan fingerprint density at radius 1 is 0.829 bits per heavy atom. The molecule has 0 saturated carbocycles. The third-order valence-corrected chi connectivity index (χ3v) is 6.69. The molecule has 4 heteroatoms. The summed E-state index contributed by atoms with van der Waals surface area (Å²) in [5, 5.41) is 0. The number of nitrogens with zero attached hydrogens (tertiary/aromatic N) is 1. The van der Waals surface area contributed by atoms with Gasteiger partial charge in [-0.2, -0.15) is 0 Å². The van der Waals surface area contributed by atoms with Crippen molar-refractivity contribution in [3.05, 3.63) is 65.7 Å². The molecule has 0 fully saturated rings. The van der Waals surface area contributed by atoms with Crippen LogP contribution in [0.2, 0.25) is 0 Å². The van der Waals surface area contributed by atoms with Gasteiger partial charge in [0.2, 0.25) is 6.29 Å². The zero-order valence-corrected chi connectivity index (χ0v) is 22.8. The molecule has 2 rings (SSSR count). The number of carbonyl (C=O) groups is 1. The molecule has 0 aliphatic carbocycles. The molecule has 0 saturated heterocycles. The van der Waals surface area contributed by atoms with Gasteiger partial charge in [-0.15, -0.1) is 0 Å². The molecule has 2 aromatic carbocycles. The molecule has 0 aliphatic rings. The molecule has 2 aromatic rings. The second-order valence-corrected chi connectivity index (χ2v) is 10.3. The molecule has 35 heavy (non-hydrogen) atoms. The number of carbonyl (C=O) groups excluding carboxylic acids is 1. The Kier molecular flexibility index (Phi) is 12.9. The molecule has 2 unspecified atom stereocenters. The van der Waals surface area contributed by atoms with Crippen LogP contribution < -0.4 is 4.74 Å². The highest BCUT2D eigenvalue weighted by Gasteiger charge is 2.36. The average Bonchev–Trinajstić information content (AvgIpc) is 2.82. The summed E-state index contributed by atoms with van der Waals surface area (Å²) in [6.45, 7) is 7.17. The number of hydrogen-bond acceptors (Lipinski definition) is 3. The number of likely N-dealkylation sites (N-methyl/N-ethyl adjacent to an activating group) is 1. The van der Waals surface area contributed by atoms with Gasteiger partial charge in [0.15, 0.2) is 6.04 Å².